The SMILES string of the molecule is CNc1nc(NNc2ccc(N=[S-](=O)O)cc2)cc(C2CC2)n1. The van der Waals surface area contributed by atoms with Crippen LogP contribution in [-0.4, -0.2) is 21.6 Å². The fourth-order valence-corrected chi connectivity index (χ4v) is 2.36. The first-order valence-electron chi connectivity index (χ1n) is 7.15. The van der Waals surface area contributed by atoms with E-state index in [-0.39, 0.29) is 0 Å². The zero-order valence-electron chi connectivity index (χ0n) is 12.5. The molecule has 4 N–H and O–H groups in total. The highest BCUT2D eigenvalue weighted by Crippen LogP contribution is 2.39. The van der Waals surface area contributed by atoms with E-state index in [0.717, 1.165) is 11.4 Å². The van der Waals surface area contributed by atoms with Gasteiger partial charge < -0.3 is 18.4 Å². The lowest BCUT2D eigenvalue weighted by Gasteiger charge is -2.11. The predicted molar refractivity (Wildman–Crippen MR) is 90.0 cm³/mol. The van der Waals surface area contributed by atoms with Crippen LogP contribution in [0.2, 0.25) is 0 Å². The highest BCUT2D eigenvalue weighted by atomic mass is 32.2. The Kier molecular flexibility index (Phi) is 4.58. The zero-order valence-corrected chi connectivity index (χ0v) is 13.3. The van der Waals surface area contributed by atoms with Crippen molar-refractivity contribution < 1.29 is 8.76 Å². The molecule has 1 fully saturated rings. The fraction of sp³-hybridized carbons (Fsp3) is 0.286. The number of hydrogen-bond acceptors (Lipinski definition) is 8. The van der Waals surface area contributed by atoms with Crippen LogP contribution in [-0.2, 0) is 15.1 Å². The van der Waals surface area contributed by atoms with Gasteiger partial charge in [-0.25, -0.2) is 4.98 Å². The van der Waals surface area contributed by atoms with Crippen molar-refractivity contribution in [3.05, 3.63) is 36.0 Å². The highest BCUT2D eigenvalue weighted by Gasteiger charge is 2.26. The van der Waals surface area contributed by atoms with Gasteiger partial charge in [0.1, 0.15) is 5.82 Å². The van der Waals surface area contributed by atoms with Gasteiger partial charge in [-0.05, 0) is 37.1 Å². The van der Waals surface area contributed by atoms with Crippen LogP contribution in [0.15, 0.2) is 34.7 Å². The van der Waals surface area contributed by atoms with Crippen LogP contribution in [0.5, 0.6) is 0 Å². The fourth-order valence-electron chi connectivity index (χ4n) is 2.06. The van der Waals surface area contributed by atoms with Crippen molar-refractivity contribution in [1.82, 2.24) is 9.97 Å². The minimum absolute atomic E-state index is 0.437. The van der Waals surface area contributed by atoms with Crippen LogP contribution in [0.1, 0.15) is 24.5 Å². The number of nitrogens with one attached hydrogen (secondary N) is 3. The Morgan fingerprint density at radius 2 is 1.96 bits per heavy atom. The van der Waals surface area contributed by atoms with Gasteiger partial charge >= 0.3 is 0 Å². The van der Waals surface area contributed by atoms with Crippen molar-refractivity contribution in [1.29, 1.82) is 0 Å². The van der Waals surface area contributed by atoms with Crippen LogP contribution in [0.25, 0.3) is 0 Å². The summed E-state index contributed by atoms with van der Waals surface area (Å²) in [6.07, 6.45) is 2.34. The third kappa shape index (κ3) is 4.30. The van der Waals surface area contributed by atoms with E-state index in [0.29, 0.717) is 23.4 Å². The molecular formula is C14H17N6O2S-. The van der Waals surface area contributed by atoms with Crippen molar-refractivity contribution >= 4 is 34.0 Å². The Bertz CT molecular complexity index is 769. The first-order valence-corrected chi connectivity index (χ1v) is 8.22. The molecule has 122 valence electrons. The number of benzene rings is 1. The quantitative estimate of drug-likeness (QED) is 0.365. The average Bonchev–Trinajstić information content (AvgIpc) is 3.38. The molecule has 0 amide bonds. The summed E-state index contributed by atoms with van der Waals surface area (Å²) >= 11 is 0. The molecule has 0 radical (unpaired) electrons. The number of rotatable bonds is 6. The van der Waals surface area contributed by atoms with Gasteiger partial charge in [0.05, 0.1) is 11.4 Å². The van der Waals surface area contributed by atoms with Crippen LogP contribution in [0.4, 0.5) is 23.1 Å². The lowest BCUT2D eigenvalue weighted by atomic mass is 10.3. The van der Waals surface area contributed by atoms with Crippen LogP contribution in [0.3, 0.4) is 0 Å². The van der Waals surface area contributed by atoms with E-state index < -0.39 is 10.9 Å². The molecule has 0 unspecified atom stereocenters. The molecule has 0 aliphatic heterocycles. The van der Waals surface area contributed by atoms with E-state index >= 15 is 0 Å². The summed E-state index contributed by atoms with van der Waals surface area (Å²) in [6.45, 7) is 0. The summed E-state index contributed by atoms with van der Waals surface area (Å²) in [5.74, 6) is 1.79. The van der Waals surface area contributed by atoms with E-state index in [1.807, 2.05) is 6.07 Å². The Morgan fingerprint density at radius 3 is 2.57 bits per heavy atom. The van der Waals surface area contributed by atoms with Crippen molar-refractivity contribution in [3.8, 4) is 0 Å². The molecule has 1 saturated carbocycles. The zero-order chi connectivity index (χ0) is 16.2. The van der Waals surface area contributed by atoms with Gasteiger partial charge in [0.15, 0.2) is 0 Å². The van der Waals surface area contributed by atoms with Gasteiger partial charge in [0, 0.05) is 24.7 Å². The molecule has 0 atom stereocenters. The average molecular weight is 333 g/mol. The van der Waals surface area contributed by atoms with Crippen molar-refractivity contribution in [2.45, 2.75) is 18.8 Å². The molecule has 3 rings (SSSR count). The van der Waals surface area contributed by atoms with E-state index in [4.69, 9.17) is 4.55 Å². The second-order valence-electron chi connectivity index (χ2n) is 5.14. The molecule has 9 heteroatoms. The maximum atomic E-state index is 10.6. The smallest absolute Gasteiger partial charge is 0.224 e. The Morgan fingerprint density at radius 1 is 1.22 bits per heavy atom. The number of hydrogen-bond donors (Lipinski definition) is 4. The predicted octanol–water partition coefficient (Wildman–Crippen LogP) is 3.09. The molecule has 23 heavy (non-hydrogen) atoms. The lowest BCUT2D eigenvalue weighted by molar-refractivity contribution is 0.529. The van der Waals surface area contributed by atoms with E-state index in [1.165, 1.54) is 12.8 Å². The summed E-state index contributed by atoms with van der Waals surface area (Å²) in [6, 6.07) is 8.73. The summed E-state index contributed by atoms with van der Waals surface area (Å²) in [5, 5.41) is 2.96. The monoisotopic (exact) mass is 333 g/mol. The number of aromatic nitrogens is 2. The molecule has 2 aromatic rings. The summed E-state index contributed by atoms with van der Waals surface area (Å²) in [7, 11) is -0.408. The van der Waals surface area contributed by atoms with Crippen molar-refractivity contribution in [2.24, 2.45) is 4.36 Å². The Labute approximate surface area is 135 Å². The van der Waals surface area contributed by atoms with Gasteiger partial charge in [-0.15, -0.1) is 0 Å². The van der Waals surface area contributed by atoms with Crippen LogP contribution in [0, 0.1) is 0 Å². The van der Waals surface area contributed by atoms with E-state index in [2.05, 4.69) is 30.5 Å². The molecule has 0 saturated heterocycles. The number of nitrogens with zero attached hydrogens (tertiary/aromatic N) is 3. The van der Waals surface area contributed by atoms with Gasteiger partial charge in [0.2, 0.25) is 5.95 Å². The summed E-state index contributed by atoms with van der Waals surface area (Å²) < 4.78 is 22.9. The summed E-state index contributed by atoms with van der Waals surface area (Å²) in [5.41, 5.74) is 8.32. The standard InChI is InChI=1S/C14H17N6O2S/c1-15-14-16-12(9-2-3-9)8-13(17-14)19-18-10-4-6-11(7-5-10)20-23(21)22/h4-9,18H,2-3H2,1H3,(H,20,21,22)(H2,15,16,17,19)/q-1. The largest absolute Gasteiger partial charge is 0.454 e. The minimum atomic E-state index is -2.20. The van der Waals surface area contributed by atoms with Crippen LogP contribution >= 0.6 is 0 Å². The Balaban J connectivity index is 1.69. The molecule has 0 bridgehead atoms. The Hall–Kier alpha value is -2.39. The maximum Gasteiger partial charge on any atom is 0.224 e. The number of anilines is 3. The van der Waals surface area contributed by atoms with Crippen LogP contribution < -0.4 is 16.2 Å². The minimum Gasteiger partial charge on any atom is -0.454 e. The normalized spacial score (nSPS) is 15.2. The van der Waals surface area contributed by atoms with Gasteiger partial charge in [-0.1, -0.05) is 10.9 Å². The van der Waals surface area contributed by atoms with Crippen molar-refractivity contribution in [3.63, 3.8) is 0 Å². The van der Waals surface area contributed by atoms with Gasteiger partial charge in [-0.3, -0.25) is 10.9 Å². The molecule has 0 spiro atoms. The lowest BCUT2D eigenvalue weighted by Crippen LogP contribution is -2.12. The van der Waals surface area contributed by atoms with Gasteiger partial charge in [-0.2, -0.15) is 4.98 Å². The maximum absolute atomic E-state index is 10.6. The van der Waals surface area contributed by atoms with E-state index in [9.17, 15) is 4.21 Å². The second-order valence-corrected chi connectivity index (χ2v) is 5.79. The molecule has 1 aliphatic rings. The first kappa shape index (κ1) is 15.5. The van der Waals surface area contributed by atoms with E-state index in [1.54, 1.807) is 31.3 Å². The summed E-state index contributed by atoms with van der Waals surface area (Å²) in [4.78, 5) is 8.80. The first-order chi connectivity index (χ1) is 11.1. The second kappa shape index (κ2) is 6.80. The molecule has 1 heterocycles. The number of hydrazine groups is 1. The molecule has 8 nitrogen and oxygen atoms in total. The highest BCUT2D eigenvalue weighted by molar-refractivity contribution is 7.68. The third-order valence-corrected chi connectivity index (χ3v) is 3.72. The third-order valence-electron chi connectivity index (χ3n) is 3.35. The topological polar surface area (TPSA) is 112 Å². The van der Waals surface area contributed by atoms with Gasteiger partial charge in [0.25, 0.3) is 0 Å². The molecule has 1 aromatic heterocycles. The molecule has 1 aromatic carbocycles. The molecule has 1 aliphatic carbocycles. The van der Waals surface area contributed by atoms with Crippen molar-refractivity contribution in [2.75, 3.05) is 23.2 Å². The molecular weight excluding hydrogens is 316 g/mol.